The Bertz CT molecular complexity index is 2420. The number of carbonyl (C=O) groups is 4. The quantitative estimate of drug-likeness (QED) is 0.208. The van der Waals surface area contributed by atoms with E-state index < -0.39 is 86.1 Å². The van der Waals surface area contributed by atoms with Crippen LogP contribution in [0.1, 0.15) is 104 Å². The van der Waals surface area contributed by atoms with E-state index in [1.807, 2.05) is 12.2 Å². The highest BCUT2D eigenvalue weighted by molar-refractivity contribution is 8.11. The summed E-state index contributed by atoms with van der Waals surface area (Å²) in [5, 5.41) is 6.49. The second-order valence-corrected chi connectivity index (χ2v) is 21.1. The van der Waals surface area contributed by atoms with E-state index >= 15 is 0 Å². The first-order valence-corrected chi connectivity index (χ1v) is 24.3. The van der Waals surface area contributed by atoms with Gasteiger partial charge in [0.2, 0.25) is 21.8 Å². The molecule has 1 saturated heterocycles. The van der Waals surface area contributed by atoms with Gasteiger partial charge in [0, 0.05) is 40.7 Å². The molecule has 14 nitrogen and oxygen atoms in total. The fourth-order valence-corrected chi connectivity index (χ4v) is 11.0. The van der Waals surface area contributed by atoms with Gasteiger partial charge in [0.05, 0.1) is 30.1 Å². The van der Waals surface area contributed by atoms with Crippen LogP contribution in [0.5, 0.6) is 11.5 Å². The second-order valence-electron chi connectivity index (χ2n) is 17.9. The molecule has 2 saturated carbocycles. The zero-order chi connectivity index (χ0) is 46.4. The van der Waals surface area contributed by atoms with Gasteiger partial charge in [-0.2, -0.15) is 13.2 Å². The molecule has 3 fully saturated rings. The number of aromatic nitrogens is 1. The number of benzene rings is 1. The number of ether oxygens (including phenoxy) is 3. The molecule has 0 radical (unpaired) electrons. The third-order valence-corrected chi connectivity index (χ3v) is 15.3. The summed E-state index contributed by atoms with van der Waals surface area (Å²) in [4.78, 5) is 63.0. The second kappa shape index (κ2) is 18.4. The lowest BCUT2D eigenvalue weighted by atomic mass is 10.0. The van der Waals surface area contributed by atoms with Crippen molar-refractivity contribution in [3.8, 4) is 11.5 Å². The molecule has 0 bridgehead atoms. The zero-order valence-electron chi connectivity index (χ0n) is 36.2. The van der Waals surface area contributed by atoms with Crippen LogP contribution in [0, 0.1) is 5.92 Å². The topological polar surface area (TPSA) is 182 Å². The van der Waals surface area contributed by atoms with Crippen molar-refractivity contribution in [3.05, 3.63) is 57.6 Å². The Morgan fingerprint density at radius 3 is 2.52 bits per heavy atom. The van der Waals surface area contributed by atoms with Crippen LogP contribution in [0.25, 0.3) is 15.8 Å². The average molecular weight is 953 g/mol. The average Bonchev–Trinajstić information content (AvgIpc) is 4.15. The van der Waals surface area contributed by atoms with Gasteiger partial charge >= 0.3 is 12.3 Å². The van der Waals surface area contributed by atoms with Gasteiger partial charge in [-0.05, 0) is 88.8 Å². The van der Waals surface area contributed by atoms with E-state index in [0.717, 1.165) is 23.6 Å². The first kappa shape index (κ1) is 47.5. The zero-order valence-corrected chi connectivity index (χ0v) is 38.6. The normalized spacial score (nSPS) is 25.9. The molecule has 5 unspecified atom stereocenters. The van der Waals surface area contributed by atoms with E-state index in [9.17, 15) is 40.8 Å². The number of carbonyl (C=O) groups excluding carboxylic acids is 4. The fourth-order valence-electron chi connectivity index (χ4n) is 8.32. The Hall–Kier alpha value is -4.49. The summed E-state index contributed by atoms with van der Waals surface area (Å²) >= 11 is 7.72. The molecule has 5 atom stereocenters. The molecule has 7 rings (SSSR count). The number of sulfonamides is 1. The molecule has 4 heterocycles. The standard InChI is InChI=1S/C44H53ClF3N5O9S2/c1-6-24-18-26(44(46,47)48)23-63-37(24)31-20-34(29-16-17-33(60-5)35(45)36(29)49-31)61-27-19-32-38(54)51-43(40(56)52-64(58,59)28-14-15-28)21-25(43)12-10-8-7-9-11-13-30(39(55)53(32)22-27)50-41(57)62-42(2,3)4/h10,12,16-17,20,23,25,27-28,30,32H,6-9,11,13-15,18-19,21-22H2,1-5H3,(H,50,57)(H,51,54)(H,52,56). The van der Waals surface area contributed by atoms with E-state index in [4.69, 9.17) is 30.8 Å². The molecule has 348 valence electrons. The minimum atomic E-state index is -4.51. The molecule has 2 aromatic rings. The maximum absolute atomic E-state index is 14.8. The highest BCUT2D eigenvalue weighted by atomic mass is 35.5. The molecule has 1 aromatic heterocycles. The SMILES string of the molecule is CCC1=C(c2cc(OC3CC4C(=O)NC5(C(=O)NS(=O)(=O)C6CC6)CC5C=CCCCCCC(NC(=O)OC(C)(C)C)C(=O)N4C3)c3ccc(OC)c(Cl)c3n2)SC=C(C(F)(F)F)C1. The van der Waals surface area contributed by atoms with Gasteiger partial charge in [0.25, 0.3) is 5.91 Å². The Labute approximate surface area is 379 Å². The van der Waals surface area contributed by atoms with Gasteiger partial charge in [0.1, 0.15) is 45.8 Å². The van der Waals surface area contributed by atoms with Crippen molar-refractivity contribution in [2.45, 2.75) is 139 Å². The third kappa shape index (κ3) is 10.5. The van der Waals surface area contributed by atoms with Crippen LogP contribution in [0.4, 0.5) is 18.0 Å². The van der Waals surface area contributed by atoms with Gasteiger partial charge in [-0.25, -0.2) is 18.2 Å². The van der Waals surface area contributed by atoms with Crippen molar-refractivity contribution < 1.29 is 55.0 Å². The maximum atomic E-state index is 14.8. The lowest BCUT2D eigenvalue weighted by molar-refractivity contribution is -0.141. The summed E-state index contributed by atoms with van der Waals surface area (Å²) in [6.45, 7) is 6.66. The molecule has 1 aromatic carbocycles. The summed E-state index contributed by atoms with van der Waals surface area (Å²) in [7, 11) is -2.55. The van der Waals surface area contributed by atoms with E-state index in [2.05, 4.69) is 15.4 Å². The number of halogens is 4. The van der Waals surface area contributed by atoms with E-state index in [-0.39, 0.29) is 48.5 Å². The van der Waals surface area contributed by atoms with Gasteiger partial charge in [-0.1, -0.05) is 55.3 Å². The number of alkyl carbamates (subject to hydrolysis) is 1. The van der Waals surface area contributed by atoms with Crippen LogP contribution in [0.2, 0.25) is 5.02 Å². The smallest absolute Gasteiger partial charge is 0.413 e. The number of methoxy groups -OCH3 is 1. The summed E-state index contributed by atoms with van der Waals surface area (Å²) < 4.78 is 87.2. The lowest BCUT2D eigenvalue weighted by Crippen LogP contribution is -2.58. The number of fused-ring (bicyclic) bond motifs is 3. The number of hydrogen-bond acceptors (Lipinski definition) is 11. The number of nitrogens with zero attached hydrogens (tertiary/aromatic N) is 2. The minimum Gasteiger partial charge on any atom is -0.495 e. The van der Waals surface area contributed by atoms with Crippen LogP contribution in [0.3, 0.4) is 0 Å². The van der Waals surface area contributed by atoms with Crippen molar-refractivity contribution in [3.63, 3.8) is 0 Å². The van der Waals surface area contributed by atoms with E-state index in [0.29, 0.717) is 65.8 Å². The van der Waals surface area contributed by atoms with E-state index in [1.54, 1.807) is 45.9 Å². The van der Waals surface area contributed by atoms with Crippen molar-refractivity contribution in [1.29, 1.82) is 0 Å². The fraction of sp³-hybridized carbons (Fsp3) is 0.568. The monoisotopic (exact) mass is 951 g/mol. The summed E-state index contributed by atoms with van der Waals surface area (Å²) in [6, 6.07) is 2.51. The van der Waals surface area contributed by atoms with Crippen molar-refractivity contribution in [2.75, 3.05) is 13.7 Å². The first-order valence-electron chi connectivity index (χ1n) is 21.5. The van der Waals surface area contributed by atoms with Crippen molar-refractivity contribution >= 4 is 73.0 Å². The van der Waals surface area contributed by atoms with Crippen LogP contribution in [-0.2, 0) is 29.1 Å². The predicted octanol–water partition coefficient (Wildman–Crippen LogP) is 7.85. The minimum absolute atomic E-state index is 0.103. The molecule has 64 heavy (non-hydrogen) atoms. The summed E-state index contributed by atoms with van der Waals surface area (Å²) in [6.07, 6.45) is 1.15. The Kier molecular flexibility index (Phi) is 13.7. The molecule has 2 aliphatic carbocycles. The number of rotatable bonds is 9. The number of allylic oxidation sites excluding steroid dienone is 3. The highest BCUT2D eigenvalue weighted by Crippen LogP contribution is 2.48. The lowest BCUT2D eigenvalue weighted by Gasteiger charge is -2.30. The maximum Gasteiger partial charge on any atom is 0.413 e. The highest BCUT2D eigenvalue weighted by Gasteiger charge is 2.62. The van der Waals surface area contributed by atoms with Gasteiger partial charge in [-0.3, -0.25) is 19.1 Å². The first-order chi connectivity index (χ1) is 30.1. The summed E-state index contributed by atoms with van der Waals surface area (Å²) in [5.41, 5.74) is -2.12. The molecule has 20 heteroatoms. The Morgan fingerprint density at radius 2 is 1.84 bits per heavy atom. The van der Waals surface area contributed by atoms with Gasteiger partial charge in [-0.15, -0.1) is 0 Å². The number of amides is 4. The molecule has 4 amide bonds. The van der Waals surface area contributed by atoms with Crippen molar-refractivity contribution in [1.82, 2.24) is 25.2 Å². The molecule has 0 spiro atoms. The number of hydrogen-bond donors (Lipinski definition) is 3. The molecular formula is C44H53ClF3N5O9S2. The van der Waals surface area contributed by atoms with Crippen molar-refractivity contribution in [2.24, 2.45) is 5.92 Å². The number of thioether (sulfide) groups is 1. The summed E-state index contributed by atoms with van der Waals surface area (Å²) in [5.74, 6) is -2.18. The number of pyridine rings is 1. The van der Waals surface area contributed by atoms with Gasteiger partial charge < -0.3 is 29.7 Å². The number of nitrogens with one attached hydrogen (secondary N) is 3. The largest absolute Gasteiger partial charge is 0.495 e. The van der Waals surface area contributed by atoms with Gasteiger partial charge in [0.15, 0.2) is 0 Å². The molecule has 3 aliphatic heterocycles. The molecular weight excluding hydrogens is 899 g/mol. The third-order valence-electron chi connectivity index (χ3n) is 12.0. The van der Waals surface area contributed by atoms with Crippen LogP contribution in [0.15, 0.2) is 46.9 Å². The Balaban J connectivity index is 1.26. The predicted molar refractivity (Wildman–Crippen MR) is 236 cm³/mol. The van der Waals surface area contributed by atoms with E-state index in [1.165, 1.54) is 12.0 Å². The van der Waals surface area contributed by atoms with Crippen LogP contribution in [-0.4, -0.2) is 96.5 Å². The molecule has 3 N–H and O–H groups in total. The number of alkyl halides is 3. The molecule has 5 aliphatic rings. The van der Waals surface area contributed by atoms with Crippen LogP contribution >= 0.6 is 23.4 Å². The van der Waals surface area contributed by atoms with Crippen LogP contribution < -0.4 is 24.8 Å². The Morgan fingerprint density at radius 1 is 1.09 bits per heavy atom.